The van der Waals surface area contributed by atoms with Crippen LogP contribution in [0.3, 0.4) is 0 Å². The van der Waals surface area contributed by atoms with Gasteiger partial charge in [-0.05, 0) is 30.3 Å². The van der Waals surface area contributed by atoms with E-state index in [9.17, 15) is 13.2 Å². The highest BCUT2D eigenvalue weighted by molar-refractivity contribution is 7.92. The van der Waals surface area contributed by atoms with Crippen LogP contribution in [0, 0.1) is 0 Å². The molecule has 0 unspecified atom stereocenters. The number of hydrogen-bond acceptors (Lipinski definition) is 6. The zero-order valence-electron chi connectivity index (χ0n) is 16.2. The van der Waals surface area contributed by atoms with E-state index in [1.54, 1.807) is 48.7 Å². The second-order valence-corrected chi connectivity index (χ2v) is 9.52. The average molecular weight is 439 g/mol. The second kappa shape index (κ2) is 7.85. The van der Waals surface area contributed by atoms with Gasteiger partial charge in [0, 0.05) is 35.1 Å². The topological polar surface area (TPSA) is 92.3 Å². The maximum Gasteiger partial charge on any atom is 0.258 e. The number of hydrogen-bond donors (Lipinski definition) is 1. The van der Waals surface area contributed by atoms with E-state index < -0.39 is 10.0 Å². The van der Waals surface area contributed by atoms with Crippen molar-refractivity contribution in [1.82, 2.24) is 9.97 Å². The molecule has 0 atom stereocenters. The minimum absolute atomic E-state index is 0.250. The summed E-state index contributed by atoms with van der Waals surface area (Å²) in [5.41, 5.74) is 3.37. The van der Waals surface area contributed by atoms with Crippen molar-refractivity contribution in [3.05, 3.63) is 71.7 Å². The highest BCUT2D eigenvalue weighted by Gasteiger charge is 2.14. The van der Waals surface area contributed by atoms with Gasteiger partial charge in [0.1, 0.15) is 0 Å². The molecule has 0 aliphatic carbocycles. The molecular formula is C21H18N4O3S2. The van der Waals surface area contributed by atoms with E-state index in [1.807, 2.05) is 17.5 Å². The number of carbonyl (C=O) groups is 1. The summed E-state index contributed by atoms with van der Waals surface area (Å²) < 4.78 is 24.5. The summed E-state index contributed by atoms with van der Waals surface area (Å²) in [7, 11) is -1.81. The van der Waals surface area contributed by atoms with Crippen molar-refractivity contribution in [2.75, 3.05) is 22.9 Å². The first-order valence-corrected chi connectivity index (χ1v) is 11.7. The third kappa shape index (κ3) is 4.03. The van der Waals surface area contributed by atoms with Gasteiger partial charge in [0.25, 0.3) is 5.91 Å². The van der Waals surface area contributed by atoms with Gasteiger partial charge in [-0.25, -0.2) is 13.4 Å². The number of aromatic nitrogens is 2. The van der Waals surface area contributed by atoms with E-state index in [0.717, 1.165) is 22.7 Å². The normalized spacial score (nSPS) is 11.4. The average Bonchev–Trinajstić information content (AvgIpc) is 3.20. The molecule has 152 valence electrons. The lowest BCUT2D eigenvalue weighted by Crippen LogP contribution is -2.24. The summed E-state index contributed by atoms with van der Waals surface area (Å²) in [5, 5.41) is 5.94. The molecule has 0 fully saturated rings. The van der Waals surface area contributed by atoms with Gasteiger partial charge in [0.15, 0.2) is 5.13 Å². The fourth-order valence-electron chi connectivity index (χ4n) is 2.96. The Bertz CT molecular complexity index is 1330. The molecular weight excluding hydrogens is 420 g/mol. The molecule has 0 spiro atoms. The number of nitrogens with zero attached hydrogens (tertiary/aromatic N) is 3. The molecule has 4 aromatic rings. The van der Waals surface area contributed by atoms with Crippen LogP contribution in [-0.4, -0.2) is 37.6 Å². The van der Waals surface area contributed by atoms with Gasteiger partial charge in [-0.2, -0.15) is 0 Å². The molecule has 0 saturated carbocycles. The quantitative estimate of drug-likeness (QED) is 0.508. The largest absolute Gasteiger partial charge is 0.298 e. The van der Waals surface area contributed by atoms with Crippen molar-refractivity contribution >= 4 is 49.0 Å². The number of benzene rings is 2. The number of fused-ring (bicyclic) bond motifs is 1. The van der Waals surface area contributed by atoms with Crippen molar-refractivity contribution in [3.8, 4) is 11.3 Å². The lowest BCUT2D eigenvalue weighted by molar-refractivity contribution is 0.102. The third-order valence-electron chi connectivity index (χ3n) is 4.64. The first kappa shape index (κ1) is 20.0. The van der Waals surface area contributed by atoms with Crippen molar-refractivity contribution in [3.63, 3.8) is 0 Å². The Morgan fingerprint density at radius 3 is 2.57 bits per heavy atom. The summed E-state index contributed by atoms with van der Waals surface area (Å²) in [6.45, 7) is 0. The molecule has 0 aliphatic heterocycles. The van der Waals surface area contributed by atoms with Crippen LogP contribution < -0.4 is 9.62 Å². The SMILES string of the molecule is CN(c1ccc(-c2csc(NC(=O)c3cccc4ncccc34)n2)cc1)S(C)(=O)=O. The van der Waals surface area contributed by atoms with Crippen LogP contribution in [0.15, 0.2) is 66.2 Å². The van der Waals surface area contributed by atoms with E-state index in [2.05, 4.69) is 15.3 Å². The summed E-state index contributed by atoms with van der Waals surface area (Å²) >= 11 is 1.32. The molecule has 0 saturated heterocycles. The highest BCUT2D eigenvalue weighted by atomic mass is 32.2. The molecule has 7 nitrogen and oxygen atoms in total. The van der Waals surface area contributed by atoms with Gasteiger partial charge < -0.3 is 0 Å². The minimum Gasteiger partial charge on any atom is -0.298 e. The molecule has 4 rings (SSSR count). The molecule has 30 heavy (non-hydrogen) atoms. The molecule has 0 bridgehead atoms. The van der Waals surface area contributed by atoms with Crippen molar-refractivity contribution in [1.29, 1.82) is 0 Å². The number of sulfonamides is 1. The lowest BCUT2D eigenvalue weighted by atomic mass is 10.1. The molecule has 2 aromatic heterocycles. The number of amides is 1. The Balaban J connectivity index is 1.54. The number of carbonyl (C=O) groups excluding carboxylic acids is 1. The maximum absolute atomic E-state index is 12.8. The van der Waals surface area contributed by atoms with Crippen molar-refractivity contribution in [2.45, 2.75) is 0 Å². The van der Waals surface area contributed by atoms with Gasteiger partial charge in [-0.15, -0.1) is 11.3 Å². The molecule has 0 radical (unpaired) electrons. The summed E-state index contributed by atoms with van der Waals surface area (Å²) in [5.74, 6) is -0.250. The first-order valence-electron chi connectivity index (χ1n) is 8.98. The van der Waals surface area contributed by atoms with Gasteiger partial charge in [-0.1, -0.05) is 24.3 Å². The number of anilines is 2. The van der Waals surface area contributed by atoms with Crippen molar-refractivity contribution in [2.24, 2.45) is 0 Å². The predicted octanol–water partition coefficient (Wildman–Crippen LogP) is 4.01. The van der Waals surface area contributed by atoms with Gasteiger partial charge in [0.2, 0.25) is 10.0 Å². The lowest BCUT2D eigenvalue weighted by Gasteiger charge is -2.16. The molecule has 1 N–H and O–H groups in total. The van der Waals surface area contributed by atoms with Crippen molar-refractivity contribution < 1.29 is 13.2 Å². The Labute approximate surface area is 178 Å². The summed E-state index contributed by atoms with van der Waals surface area (Å²) in [6, 6.07) is 16.1. The number of thiazole rings is 1. The Morgan fingerprint density at radius 2 is 1.83 bits per heavy atom. The van der Waals surface area contributed by atoms with Gasteiger partial charge in [-0.3, -0.25) is 19.4 Å². The van der Waals surface area contributed by atoms with E-state index in [4.69, 9.17) is 0 Å². The van der Waals surface area contributed by atoms with E-state index >= 15 is 0 Å². The summed E-state index contributed by atoms with van der Waals surface area (Å²) in [6.07, 6.45) is 2.85. The molecule has 2 heterocycles. The maximum atomic E-state index is 12.8. The van der Waals surface area contributed by atoms with Crippen LogP contribution in [0.5, 0.6) is 0 Å². The van der Waals surface area contributed by atoms with E-state index in [-0.39, 0.29) is 5.91 Å². The van der Waals surface area contributed by atoms with Gasteiger partial charge >= 0.3 is 0 Å². The Morgan fingerprint density at radius 1 is 1.07 bits per heavy atom. The van der Waals surface area contributed by atoms with Crippen LogP contribution in [0.4, 0.5) is 10.8 Å². The van der Waals surface area contributed by atoms with Crippen LogP contribution in [0.25, 0.3) is 22.2 Å². The molecule has 2 aromatic carbocycles. The molecule has 9 heteroatoms. The Kier molecular flexibility index (Phi) is 5.23. The standard InChI is InChI=1S/C21H18N4O3S2/c1-25(30(2,27)28)15-10-8-14(9-11-15)19-13-29-21(23-19)24-20(26)17-5-3-7-18-16(17)6-4-12-22-18/h3-13H,1-2H3,(H,23,24,26). The smallest absolute Gasteiger partial charge is 0.258 e. The second-order valence-electron chi connectivity index (χ2n) is 6.65. The van der Waals surface area contributed by atoms with Crippen LogP contribution >= 0.6 is 11.3 Å². The number of rotatable bonds is 5. The molecule has 0 aliphatic rings. The first-order chi connectivity index (χ1) is 14.3. The zero-order valence-corrected chi connectivity index (χ0v) is 17.9. The fraction of sp³-hybridized carbons (Fsp3) is 0.0952. The van der Waals surface area contributed by atoms with E-state index in [1.165, 1.54) is 22.7 Å². The third-order valence-corrected chi connectivity index (χ3v) is 6.60. The number of nitrogens with one attached hydrogen (secondary N) is 1. The van der Waals surface area contributed by atoms with Crippen LogP contribution in [0.2, 0.25) is 0 Å². The number of pyridine rings is 1. The summed E-state index contributed by atoms with van der Waals surface area (Å²) in [4.78, 5) is 21.5. The monoisotopic (exact) mass is 438 g/mol. The van der Waals surface area contributed by atoms with Gasteiger partial charge in [0.05, 0.1) is 23.2 Å². The van der Waals surface area contributed by atoms with E-state index in [0.29, 0.717) is 22.1 Å². The fourth-order valence-corrected chi connectivity index (χ4v) is 4.18. The predicted molar refractivity (Wildman–Crippen MR) is 120 cm³/mol. The van der Waals surface area contributed by atoms with Crippen LogP contribution in [0.1, 0.15) is 10.4 Å². The molecule has 1 amide bonds. The zero-order chi connectivity index (χ0) is 21.3. The van der Waals surface area contributed by atoms with Crippen LogP contribution in [-0.2, 0) is 10.0 Å². The Hall–Kier alpha value is -3.30. The minimum atomic E-state index is -3.32. The highest BCUT2D eigenvalue weighted by Crippen LogP contribution is 2.28.